The van der Waals surface area contributed by atoms with Crippen LogP contribution in [0.25, 0.3) is 5.82 Å². The van der Waals surface area contributed by atoms with Crippen LogP contribution in [0.4, 0.5) is 0 Å². The number of hydrogen-bond donors (Lipinski definition) is 1. The smallest absolute Gasteiger partial charge is 0.176 e. The average Bonchev–Trinajstić information content (AvgIpc) is 2.76. The molecule has 0 radical (unpaired) electrons. The van der Waals surface area contributed by atoms with Gasteiger partial charge in [-0.2, -0.15) is 5.10 Å². The molecule has 2 rings (SSSR count). The highest BCUT2D eigenvalue weighted by Gasteiger charge is 2.08. The van der Waals surface area contributed by atoms with Gasteiger partial charge in [-0.05, 0) is 13.8 Å². The molecule has 2 heterocycles. The molecule has 6 heteroatoms. The molecular formula is C11H15N5O. The Morgan fingerprint density at radius 2 is 2.12 bits per heavy atom. The fourth-order valence-electron chi connectivity index (χ4n) is 1.45. The first-order valence-corrected chi connectivity index (χ1v) is 5.42. The molecule has 90 valence electrons. The predicted octanol–water partition coefficient (Wildman–Crippen LogP) is 0.908. The molecule has 2 aromatic rings. The van der Waals surface area contributed by atoms with E-state index in [9.17, 15) is 0 Å². The fraction of sp³-hybridized carbons (Fsp3) is 0.364. The highest BCUT2D eigenvalue weighted by molar-refractivity contribution is 5.29. The summed E-state index contributed by atoms with van der Waals surface area (Å²) in [6, 6.07) is 0. The average molecular weight is 233 g/mol. The topological polar surface area (TPSA) is 78.8 Å². The van der Waals surface area contributed by atoms with E-state index in [1.807, 2.05) is 13.8 Å². The molecule has 0 aromatic carbocycles. The summed E-state index contributed by atoms with van der Waals surface area (Å²) < 4.78 is 7.15. The Morgan fingerprint density at radius 1 is 1.35 bits per heavy atom. The number of rotatable bonds is 4. The monoisotopic (exact) mass is 233 g/mol. The van der Waals surface area contributed by atoms with Gasteiger partial charge in [-0.1, -0.05) is 0 Å². The quantitative estimate of drug-likeness (QED) is 0.849. The lowest BCUT2D eigenvalue weighted by atomic mass is 10.4. The van der Waals surface area contributed by atoms with Crippen LogP contribution in [-0.2, 0) is 6.54 Å². The summed E-state index contributed by atoms with van der Waals surface area (Å²) in [5.74, 6) is 1.34. The third kappa shape index (κ3) is 2.59. The lowest BCUT2D eigenvalue weighted by molar-refractivity contribution is 0.242. The third-order valence-electron chi connectivity index (χ3n) is 2.09. The van der Waals surface area contributed by atoms with Crippen LogP contribution in [0.3, 0.4) is 0 Å². The minimum absolute atomic E-state index is 0.114. The van der Waals surface area contributed by atoms with E-state index in [1.165, 1.54) is 0 Å². The molecule has 0 saturated carbocycles. The Kier molecular flexibility index (Phi) is 3.34. The van der Waals surface area contributed by atoms with Gasteiger partial charge in [-0.3, -0.25) is 4.98 Å². The summed E-state index contributed by atoms with van der Waals surface area (Å²) in [4.78, 5) is 8.37. The van der Waals surface area contributed by atoms with Gasteiger partial charge in [0.1, 0.15) is 0 Å². The van der Waals surface area contributed by atoms with Crippen molar-refractivity contribution in [3.8, 4) is 11.6 Å². The van der Waals surface area contributed by atoms with E-state index in [0.29, 0.717) is 23.8 Å². The van der Waals surface area contributed by atoms with Gasteiger partial charge in [0.2, 0.25) is 0 Å². The van der Waals surface area contributed by atoms with Crippen LogP contribution < -0.4 is 10.5 Å². The molecule has 0 spiro atoms. The molecular weight excluding hydrogens is 218 g/mol. The van der Waals surface area contributed by atoms with Gasteiger partial charge >= 0.3 is 0 Å². The lowest BCUT2D eigenvalue weighted by Crippen LogP contribution is -2.09. The van der Waals surface area contributed by atoms with Crippen LogP contribution in [0.15, 0.2) is 24.8 Å². The standard InChI is InChI=1S/C11H15N5O/c1-8(2)17-9-6-15-16(7-9)11-10(5-12)13-3-4-14-11/h3-4,6-8H,5,12H2,1-2H3. The number of nitrogens with two attached hydrogens (primary N) is 1. The SMILES string of the molecule is CC(C)Oc1cnn(-c2nccnc2CN)c1. The highest BCUT2D eigenvalue weighted by atomic mass is 16.5. The highest BCUT2D eigenvalue weighted by Crippen LogP contribution is 2.14. The van der Waals surface area contributed by atoms with Gasteiger partial charge in [0.05, 0.1) is 24.2 Å². The minimum atomic E-state index is 0.114. The van der Waals surface area contributed by atoms with Gasteiger partial charge in [-0.25, -0.2) is 9.67 Å². The van der Waals surface area contributed by atoms with Crippen LogP contribution >= 0.6 is 0 Å². The molecule has 2 N–H and O–H groups in total. The van der Waals surface area contributed by atoms with Crippen LogP contribution in [-0.4, -0.2) is 25.9 Å². The van der Waals surface area contributed by atoms with Gasteiger partial charge in [0.15, 0.2) is 11.6 Å². The van der Waals surface area contributed by atoms with Gasteiger partial charge in [0.25, 0.3) is 0 Å². The third-order valence-corrected chi connectivity index (χ3v) is 2.09. The van der Waals surface area contributed by atoms with Crippen molar-refractivity contribution in [1.82, 2.24) is 19.7 Å². The predicted molar refractivity (Wildman–Crippen MR) is 62.8 cm³/mol. The van der Waals surface area contributed by atoms with Crippen LogP contribution in [0.2, 0.25) is 0 Å². The van der Waals surface area contributed by atoms with Crippen molar-refractivity contribution < 1.29 is 4.74 Å². The van der Waals surface area contributed by atoms with Crippen LogP contribution in [0.1, 0.15) is 19.5 Å². The van der Waals surface area contributed by atoms with E-state index in [0.717, 1.165) is 0 Å². The van der Waals surface area contributed by atoms with Crippen LogP contribution in [0, 0.1) is 0 Å². The maximum absolute atomic E-state index is 5.60. The molecule has 6 nitrogen and oxygen atoms in total. The first-order chi connectivity index (χ1) is 8.20. The van der Waals surface area contributed by atoms with E-state index in [-0.39, 0.29) is 6.10 Å². The second-order valence-electron chi connectivity index (χ2n) is 3.82. The Balaban J connectivity index is 2.30. The summed E-state index contributed by atoms with van der Waals surface area (Å²) in [6.45, 7) is 4.25. The minimum Gasteiger partial charge on any atom is -0.488 e. The first kappa shape index (κ1) is 11.5. The van der Waals surface area contributed by atoms with E-state index in [2.05, 4.69) is 15.1 Å². The zero-order valence-electron chi connectivity index (χ0n) is 9.87. The molecule has 17 heavy (non-hydrogen) atoms. The molecule has 0 saturated heterocycles. The van der Waals surface area contributed by atoms with Crippen molar-refractivity contribution >= 4 is 0 Å². The van der Waals surface area contributed by atoms with Crippen molar-refractivity contribution in [2.45, 2.75) is 26.5 Å². The molecule has 0 bridgehead atoms. The van der Waals surface area contributed by atoms with Crippen LogP contribution in [0.5, 0.6) is 5.75 Å². The van der Waals surface area contributed by atoms with E-state index < -0.39 is 0 Å². The van der Waals surface area contributed by atoms with Gasteiger partial charge < -0.3 is 10.5 Å². The van der Waals surface area contributed by atoms with Crippen molar-refractivity contribution in [1.29, 1.82) is 0 Å². The summed E-state index contributed by atoms with van der Waals surface area (Å²) in [5.41, 5.74) is 6.30. The maximum Gasteiger partial charge on any atom is 0.176 e. The number of nitrogens with zero attached hydrogens (tertiary/aromatic N) is 4. The Morgan fingerprint density at radius 3 is 2.82 bits per heavy atom. The fourth-order valence-corrected chi connectivity index (χ4v) is 1.45. The van der Waals surface area contributed by atoms with Crippen molar-refractivity contribution in [2.75, 3.05) is 0 Å². The molecule has 0 aliphatic rings. The Bertz CT molecular complexity index is 494. The molecule has 0 aliphatic heterocycles. The van der Waals surface area contributed by atoms with Crippen molar-refractivity contribution in [2.24, 2.45) is 5.73 Å². The molecule has 0 unspecified atom stereocenters. The van der Waals surface area contributed by atoms with E-state index in [1.54, 1.807) is 29.5 Å². The zero-order valence-corrected chi connectivity index (χ0v) is 9.87. The van der Waals surface area contributed by atoms with Crippen molar-refractivity contribution in [3.05, 3.63) is 30.5 Å². The summed E-state index contributed by atoms with van der Waals surface area (Å²) in [6.07, 6.45) is 6.75. The second kappa shape index (κ2) is 4.92. The van der Waals surface area contributed by atoms with Gasteiger partial charge in [0, 0.05) is 18.9 Å². The lowest BCUT2D eigenvalue weighted by Gasteiger charge is -2.06. The molecule has 0 fully saturated rings. The maximum atomic E-state index is 5.60. The molecule has 2 aromatic heterocycles. The molecule has 0 amide bonds. The largest absolute Gasteiger partial charge is 0.488 e. The summed E-state index contributed by atoms with van der Waals surface area (Å²) in [7, 11) is 0. The number of aromatic nitrogens is 4. The number of hydrogen-bond acceptors (Lipinski definition) is 5. The van der Waals surface area contributed by atoms with Gasteiger partial charge in [-0.15, -0.1) is 0 Å². The van der Waals surface area contributed by atoms with Crippen molar-refractivity contribution in [3.63, 3.8) is 0 Å². The first-order valence-electron chi connectivity index (χ1n) is 5.42. The molecule has 0 atom stereocenters. The summed E-state index contributed by atoms with van der Waals surface area (Å²) in [5, 5.41) is 4.18. The normalized spacial score (nSPS) is 10.8. The number of ether oxygens (including phenoxy) is 1. The Hall–Kier alpha value is -1.95. The molecule has 0 aliphatic carbocycles. The van der Waals surface area contributed by atoms with E-state index in [4.69, 9.17) is 10.5 Å². The zero-order chi connectivity index (χ0) is 12.3. The Labute approximate surface area is 99.4 Å². The van der Waals surface area contributed by atoms with E-state index >= 15 is 0 Å². The summed E-state index contributed by atoms with van der Waals surface area (Å²) >= 11 is 0. The second-order valence-corrected chi connectivity index (χ2v) is 3.82.